The molecule has 0 unspecified atom stereocenters. The van der Waals surface area contributed by atoms with Crippen LogP contribution < -0.4 is 10.6 Å². The van der Waals surface area contributed by atoms with Crippen LogP contribution in [0, 0.1) is 11.6 Å². The van der Waals surface area contributed by atoms with E-state index in [2.05, 4.69) is 20.6 Å². The number of carbonyl (C=O) groups is 1. The minimum absolute atomic E-state index is 0.0316. The summed E-state index contributed by atoms with van der Waals surface area (Å²) in [7, 11) is 0. The lowest BCUT2D eigenvalue weighted by molar-refractivity contribution is 0.102. The van der Waals surface area contributed by atoms with E-state index < -0.39 is 17.5 Å². The highest BCUT2D eigenvalue weighted by molar-refractivity contribution is 7.14. The summed E-state index contributed by atoms with van der Waals surface area (Å²) in [6.07, 6.45) is 3.42. The van der Waals surface area contributed by atoms with Crippen LogP contribution >= 0.6 is 11.3 Å². The Labute approximate surface area is 169 Å². The number of rotatable bonds is 5. The third-order valence-electron chi connectivity index (χ3n) is 4.03. The molecule has 8 heteroatoms. The van der Waals surface area contributed by atoms with E-state index in [1.807, 2.05) is 23.6 Å². The van der Waals surface area contributed by atoms with Crippen LogP contribution in [0.1, 0.15) is 10.4 Å². The Morgan fingerprint density at radius 3 is 2.52 bits per heavy atom. The van der Waals surface area contributed by atoms with Crippen molar-refractivity contribution in [3.05, 3.63) is 89.6 Å². The second-order valence-corrected chi connectivity index (χ2v) is 6.92. The molecular weight excluding hydrogens is 394 g/mol. The molecule has 2 aromatic heterocycles. The molecule has 0 spiro atoms. The molecule has 5 nitrogen and oxygen atoms in total. The minimum Gasteiger partial charge on any atom is -0.331 e. The fraction of sp³-hybridized carbons (Fsp3) is 0. The normalized spacial score (nSPS) is 10.6. The summed E-state index contributed by atoms with van der Waals surface area (Å²) in [5.41, 5.74) is 3.07. The Bertz CT molecular complexity index is 1160. The maximum atomic E-state index is 13.3. The van der Waals surface area contributed by atoms with E-state index in [0.29, 0.717) is 10.8 Å². The molecule has 144 valence electrons. The number of nitrogens with one attached hydrogen (secondary N) is 2. The van der Waals surface area contributed by atoms with Crippen LogP contribution in [0.5, 0.6) is 0 Å². The summed E-state index contributed by atoms with van der Waals surface area (Å²) >= 11 is 1.45. The van der Waals surface area contributed by atoms with Gasteiger partial charge in [0.1, 0.15) is 0 Å². The van der Waals surface area contributed by atoms with Gasteiger partial charge in [0.05, 0.1) is 5.69 Å². The third kappa shape index (κ3) is 4.44. The molecule has 29 heavy (non-hydrogen) atoms. The number of nitrogens with zero attached hydrogens (tertiary/aromatic N) is 2. The van der Waals surface area contributed by atoms with Crippen LogP contribution in [0.2, 0.25) is 0 Å². The minimum atomic E-state index is -1.07. The molecule has 1 amide bonds. The van der Waals surface area contributed by atoms with E-state index in [1.54, 1.807) is 30.6 Å². The van der Waals surface area contributed by atoms with Crippen molar-refractivity contribution in [2.45, 2.75) is 0 Å². The predicted octanol–water partition coefficient (Wildman–Crippen LogP) is 5.48. The molecule has 0 aliphatic rings. The van der Waals surface area contributed by atoms with Crippen LogP contribution in [0.25, 0.3) is 11.3 Å². The first kappa shape index (κ1) is 18.7. The number of pyridine rings is 1. The number of amides is 1. The smallest absolute Gasteiger partial charge is 0.255 e. The van der Waals surface area contributed by atoms with E-state index >= 15 is 0 Å². The number of benzene rings is 2. The summed E-state index contributed by atoms with van der Waals surface area (Å²) in [4.78, 5) is 20.8. The van der Waals surface area contributed by atoms with Gasteiger partial charge in [0.25, 0.3) is 5.91 Å². The van der Waals surface area contributed by atoms with Gasteiger partial charge in [-0.3, -0.25) is 9.78 Å². The molecule has 0 saturated carbocycles. The third-order valence-corrected chi connectivity index (χ3v) is 4.79. The second kappa shape index (κ2) is 8.15. The van der Waals surface area contributed by atoms with Crippen molar-refractivity contribution in [3.8, 4) is 11.3 Å². The van der Waals surface area contributed by atoms with E-state index in [-0.39, 0.29) is 5.56 Å². The number of hydrogen-bond acceptors (Lipinski definition) is 5. The number of aromatic nitrogens is 2. The molecule has 0 radical (unpaired) electrons. The molecule has 2 N–H and O–H groups in total. The predicted molar refractivity (Wildman–Crippen MR) is 109 cm³/mol. The first-order valence-corrected chi connectivity index (χ1v) is 9.46. The zero-order valence-electron chi connectivity index (χ0n) is 14.9. The van der Waals surface area contributed by atoms with Crippen molar-refractivity contribution in [2.75, 3.05) is 10.6 Å². The zero-order valence-corrected chi connectivity index (χ0v) is 15.7. The van der Waals surface area contributed by atoms with Crippen LogP contribution in [0.15, 0.2) is 72.4 Å². The van der Waals surface area contributed by atoms with Gasteiger partial charge in [-0.25, -0.2) is 13.8 Å². The standard InChI is InChI=1S/C21H14F2N4OS/c22-17-5-4-14(10-18(17)23)20(28)25-15-2-1-3-16(11-15)26-21-27-19(12-29-21)13-6-8-24-9-7-13/h1-12H,(H,25,28)(H,26,27). The maximum absolute atomic E-state index is 13.3. The molecule has 0 aliphatic heterocycles. The summed E-state index contributed by atoms with van der Waals surface area (Å²) in [5, 5.41) is 8.50. The van der Waals surface area contributed by atoms with Gasteiger partial charge in [-0.2, -0.15) is 0 Å². The number of halogens is 2. The van der Waals surface area contributed by atoms with Crippen molar-refractivity contribution in [2.24, 2.45) is 0 Å². The first-order valence-electron chi connectivity index (χ1n) is 8.58. The second-order valence-electron chi connectivity index (χ2n) is 6.06. The lowest BCUT2D eigenvalue weighted by Crippen LogP contribution is -2.12. The van der Waals surface area contributed by atoms with Gasteiger partial charge in [-0.05, 0) is 48.5 Å². The van der Waals surface area contributed by atoms with Gasteiger partial charge in [-0.1, -0.05) is 6.07 Å². The molecular formula is C21H14F2N4OS. The molecule has 2 heterocycles. The lowest BCUT2D eigenvalue weighted by Gasteiger charge is -2.08. The molecule has 4 aromatic rings. The van der Waals surface area contributed by atoms with Crippen molar-refractivity contribution < 1.29 is 13.6 Å². The molecule has 0 fully saturated rings. The van der Waals surface area contributed by atoms with E-state index in [9.17, 15) is 13.6 Å². The van der Waals surface area contributed by atoms with Crippen LogP contribution in [0.4, 0.5) is 25.3 Å². The van der Waals surface area contributed by atoms with Crippen molar-refractivity contribution in [1.82, 2.24) is 9.97 Å². The van der Waals surface area contributed by atoms with Crippen molar-refractivity contribution in [1.29, 1.82) is 0 Å². The highest BCUT2D eigenvalue weighted by atomic mass is 32.1. The molecule has 0 saturated heterocycles. The lowest BCUT2D eigenvalue weighted by atomic mass is 10.2. The monoisotopic (exact) mass is 408 g/mol. The summed E-state index contributed by atoms with van der Waals surface area (Å²) in [6, 6.07) is 13.8. The first-order chi connectivity index (χ1) is 14.1. The van der Waals surface area contributed by atoms with Gasteiger partial charge >= 0.3 is 0 Å². The quantitative estimate of drug-likeness (QED) is 0.459. The van der Waals surface area contributed by atoms with E-state index in [0.717, 1.165) is 29.1 Å². The summed E-state index contributed by atoms with van der Waals surface area (Å²) in [5.74, 6) is -2.60. The maximum Gasteiger partial charge on any atom is 0.255 e. The number of carbonyl (C=O) groups excluding carboxylic acids is 1. The van der Waals surface area contributed by atoms with Crippen molar-refractivity contribution >= 4 is 33.8 Å². The van der Waals surface area contributed by atoms with Gasteiger partial charge in [0, 0.05) is 40.3 Å². The molecule has 4 rings (SSSR count). The Balaban J connectivity index is 1.47. The molecule has 0 atom stereocenters. The zero-order chi connectivity index (χ0) is 20.2. The number of anilines is 3. The molecule has 0 bridgehead atoms. The number of hydrogen-bond donors (Lipinski definition) is 2. The SMILES string of the molecule is O=C(Nc1cccc(Nc2nc(-c3ccncc3)cs2)c1)c1ccc(F)c(F)c1. The highest BCUT2D eigenvalue weighted by Crippen LogP contribution is 2.27. The highest BCUT2D eigenvalue weighted by Gasteiger charge is 2.11. The van der Waals surface area contributed by atoms with E-state index in [1.165, 1.54) is 17.4 Å². The van der Waals surface area contributed by atoms with Gasteiger partial charge in [0.15, 0.2) is 16.8 Å². The van der Waals surface area contributed by atoms with Crippen molar-refractivity contribution in [3.63, 3.8) is 0 Å². The Kier molecular flexibility index (Phi) is 5.26. The van der Waals surface area contributed by atoms with Crippen LogP contribution in [-0.2, 0) is 0 Å². The summed E-state index contributed by atoms with van der Waals surface area (Å²) in [6.45, 7) is 0. The van der Waals surface area contributed by atoms with Gasteiger partial charge < -0.3 is 10.6 Å². The Morgan fingerprint density at radius 1 is 0.931 bits per heavy atom. The Hall–Kier alpha value is -3.65. The average Bonchev–Trinajstić information content (AvgIpc) is 3.19. The van der Waals surface area contributed by atoms with E-state index in [4.69, 9.17) is 0 Å². The van der Waals surface area contributed by atoms with Gasteiger partial charge in [-0.15, -0.1) is 11.3 Å². The Morgan fingerprint density at radius 2 is 1.72 bits per heavy atom. The largest absolute Gasteiger partial charge is 0.331 e. The topological polar surface area (TPSA) is 66.9 Å². The molecule has 2 aromatic carbocycles. The fourth-order valence-electron chi connectivity index (χ4n) is 2.63. The average molecular weight is 408 g/mol. The molecule has 0 aliphatic carbocycles. The number of thiazole rings is 1. The van der Waals surface area contributed by atoms with Crippen LogP contribution in [-0.4, -0.2) is 15.9 Å². The fourth-order valence-corrected chi connectivity index (χ4v) is 3.37. The van der Waals surface area contributed by atoms with Crippen LogP contribution in [0.3, 0.4) is 0 Å². The van der Waals surface area contributed by atoms with Gasteiger partial charge in [0.2, 0.25) is 0 Å². The summed E-state index contributed by atoms with van der Waals surface area (Å²) < 4.78 is 26.4.